The molecule has 1 unspecified atom stereocenters. The van der Waals surface area contributed by atoms with Crippen molar-refractivity contribution in [2.75, 3.05) is 12.3 Å². The van der Waals surface area contributed by atoms with E-state index in [1.807, 2.05) is 55.5 Å². The molecule has 0 fully saturated rings. The monoisotopic (exact) mass is 512 g/mol. The molecule has 0 saturated heterocycles. The number of carbonyl (C=O) groups excluding carboxylic acids is 2. The van der Waals surface area contributed by atoms with Gasteiger partial charge in [-0.25, -0.2) is 4.39 Å². The van der Waals surface area contributed by atoms with Crippen LogP contribution in [0.1, 0.15) is 30.0 Å². The standard InChI is InChI=1S/C28H30ClFN2O2S/c1-2-15-31-28(34)26(17-21-7-4-3-5-8-21)32(18-23-9-6-10-24(29)16-23)27(33)20-35-19-22-11-13-25(30)14-12-22/h3-14,16,26H,2,15,17-20H2,1H3,(H,31,34). The van der Waals surface area contributed by atoms with E-state index in [-0.39, 0.29) is 29.9 Å². The third-order valence-corrected chi connectivity index (χ3v) is 6.69. The molecule has 3 aromatic rings. The summed E-state index contributed by atoms with van der Waals surface area (Å²) in [5, 5.41) is 3.55. The fourth-order valence-corrected chi connectivity index (χ4v) is 4.76. The molecule has 35 heavy (non-hydrogen) atoms. The van der Waals surface area contributed by atoms with Crippen LogP contribution in [0, 0.1) is 5.82 Å². The minimum atomic E-state index is -0.665. The van der Waals surface area contributed by atoms with Crippen molar-refractivity contribution in [2.24, 2.45) is 0 Å². The van der Waals surface area contributed by atoms with Crippen molar-refractivity contribution in [3.8, 4) is 0 Å². The van der Waals surface area contributed by atoms with Crippen LogP contribution >= 0.6 is 23.4 Å². The summed E-state index contributed by atoms with van der Waals surface area (Å²) in [6.45, 7) is 2.81. The van der Waals surface area contributed by atoms with Gasteiger partial charge in [-0.3, -0.25) is 9.59 Å². The summed E-state index contributed by atoms with van der Waals surface area (Å²) in [7, 11) is 0. The first-order valence-corrected chi connectivity index (χ1v) is 13.2. The molecule has 0 aliphatic heterocycles. The third-order valence-electron chi connectivity index (χ3n) is 5.47. The molecule has 0 heterocycles. The quantitative estimate of drug-likeness (QED) is 0.330. The predicted octanol–water partition coefficient (Wildman–Crippen LogP) is 5.88. The van der Waals surface area contributed by atoms with Crippen LogP contribution in [0.25, 0.3) is 0 Å². The van der Waals surface area contributed by atoms with E-state index >= 15 is 0 Å². The van der Waals surface area contributed by atoms with E-state index < -0.39 is 6.04 Å². The zero-order valence-electron chi connectivity index (χ0n) is 19.8. The molecule has 2 amide bonds. The molecule has 0 radical (unpaired) electrons. The van der Waals surface area contributed by atoms with Crippen molar-refractivity contribution >= 4 is 35.2 Å². The van der Waals surface area contributed by atoms with Crippen LogP contribution in [0.15, 0.2) is 78.9 Å². The summed E-state index contributed by atoms with van der Waals surface area (Å²) < 4.78 is 13.2. The molecule has 7 heteroatoms. The number of amides is 2. The Labute approximate surface area is 215 Å². The highest BCUT2D eigenvalue weighted by molar-refractivity contribution is 7.99. The second-order valence-electron chi connectivity index (χ2n) is 8.27. The maximum absolute atomic E-state index is 13.5. The van der Waals surface area contributed by atoms with E-state index in [0.717, 1.165) is 23.1 Å². The first-order chi connectivity index (χ1) is 17.0. The van der Waals surface area contributed by atoms with Crippen LogP contribution in [0.5, 0.6) is 0 Å². The first kappa shape index (κ1) is 26.8. The number of rotatable bonds is 12. The molecular formula is C28H30ClFN2O2S. The van der Waals surface area contributed by atoms with Crippen molar-refractivity contribution in [3.05, 3.63) is 106 Å². The fourth-order valence-electron chi connectivity index (χ4n) is 3.67. The SMILES string of the molecule is CCCNC(=O)C(Cc1ccccc1)N(Cc1cccc(Cl)c1)C(=O)CSCc1ccc(F)cc1. The van der Waals surface area contributed by atoms with Gasteiger partial charge in [0.1, 0.15) is 11.9 Å². The van der Waals surface area contributed by atoms with Gasteiger partial charge in [0, 0.05) is 30.3 Å². The number of thioether (sulfide) groups is 1. The van der Waals surface area contributed by atoms with Crippen LogP contribution in [-0.4, -0.2) is 35.1 Å². The van der Waals surface area contributed by atoms with E-state index in [4.69, 9.17) is 11.6 Å². The largest absolute Gasteiger partial charge is 0.354 e. The summed E-state index contributed by atoms with van der Waals surface area (Å²) in [4.78, 5) is 28.4. The van der Waals surface area contributed by atoms with Gasteiger partial charge in [-0.05, 0) is 47.4 Å². The highest BCUT2D eigenvalue weighted by atomic mass is 35.5. The molecule has 184 valence electrons. The summed E-state index contributed by atoms with van der Waals surface area (Å²) in [5.41, 5.74) is 2.77. The maximum atomic E-state index is 13.5. The van der Waals surface area contributed by atoms with Gasteiger partial charge < -0.3 is 10.2 Å². The first-order valence-electron chi connectivity index (χ1n) is 11.6. The van der Waals surface area contributed by atoms with Gasteiger partial charge in [0.25, 0.3) is 0 Å². The molecule has 1 atom stereocenters. The van der Waals surface area contributed by atoms with Gasteiger partial charge in [-0.15, -0.1) is 11.8 Å². The van der Waals surface area contributed by atoms with Crippen molar-refractivity contribution < 1.29 is 14.0 Å². The van der Waals surface area contributed by atoms with Crippen LogP contribution < -0.4 is 5.32 Å². The zero-order chi connectivity index (χ0) is 25.0. The van der Waals surface area contributed by atoms with Crippen molar-refractivity contribution in [1.82, 2.24) is 10.2 Å². The summed E-state index contributed by atoms with van der Waals surface area (Å²) in [6, 6.07) is 22.6. The van der Waals surface area contributed by atoms with Crippen molar-refractivity contribution in [1.29, 1.82) is 0 Å². The number of hydrogen-bond donors (Lipinski definition) is 1. The third kappa shape index (κ3) is 8.71. The average Bonchev–Trinajstić information content (AvgIpc) is 2.86. The van der Waals surface area contributed by atoms with Crippen LogP contribution in [0.2, 0.25) is 5.02 Å². The molecule has 3 aromatic carbocycles. The molecule has 0 aliphatic rings. The van der Waals surface area contributed by atoms with Gasteiger partial charge in [-0.2, -0.15) is 0 Å². The van der Waals surface area contributed by atoms with E-state index in [0.29, 0.717) is 23.7 Å². The molecule has 4 nitrogen and oxygen atoms in total. The maximum Gasteiger partial charge on any atom is 0.243 e. The molecule has 0 saturated carbocycles. The van der Waals surface area contributed by atoms with Gasteiger partial charge in [0.15, 0.2) is 0 Å². The fraction of sp³-hybridized carbons (Fsp3) is 0.286. The van der Waals surface area contributed by atoms with Gasteiger partial charge in [0.2, 0.25) is 11.8 Å². The molecule has 3 rings (SSSR count). The summed E-state index contributed by atoms with van der Waals surface area (Å²) in [5.74, 6) is 0.177. The molecule has 0 aliphatic carbocycles. The predicted molar refractivity (Wildman–Crippen MR) is 142 cm³/mol. The number of nitrogens with zero attached hydrogens (tertiary/aromatic N) is 1. The Hall–Kier alpha value is -2.83. The normalized spacial score (nSPS) is 11.6. The molecular weight excluding hydrogens is 483 g/mol. The molecule has 1 N–H and O–H groups in total. The van der Waals surface area contributed by atoms with Crippen LogP contribution in [-0.2, 0) is 28.3 Å². The Morgan fingerprint density at radius 2 is 1.69 bits per heavy atom. The zero-order valence-corrected chi connectivity index (χ0v) is 21.3. The van der Waals surface area contributed by atoms with Crippen LogP contribution in [0.3, 0.4) is 0 Å². The van der Waals surface area contributed by atoms with Crippen molar-refractivity contribution in [2.45, 2.75) is 38.1 Å². The Morgan fingerprint density at radius 1 is 0.971 bits per heavy atom. The molecule has 0 aromatic heterocycles. The topological polar surface area (TPSA) is 49.4 Å². The van der Waals surface area contributed by atoms with Gasteiger partial charge >= 0.3 is 0 Å². The lowest BCUT2D eigenvalue weighted by atomic mass is 10.0. The van der Waals surface area contributed by atoms with E-state index in [1.54, 1.807) is 23.1 Å². The number of hydrogen-bond acceptors (Lipinski definition) is 3. The number of carbonyl (C=O) groups is 2. The minimum Gasteiger partial charge on any atom is -0.354 e. The molecule has 0 spiro atoms. The number of halogens is 2. The Bertz CT molecular complexity index is 1100. The number of benzene rings is 3. The second kappa shape index (κ2) is 13.9. The van der Waals surface area contributed by atoms with Crippen molar-refractivity contribution in [3.63, 3.8) is 0 Å². The highest BCUT2D eigenvalue weighted by Crippen LogP contribution is 2.20. The van der Waals surface area contributed by atoms with E-state index in [2.05, 4.69) is 5.32 Å². The Kier molecular flexibility index (Phi) is 10.6. The Morgan fingerprint density at radius 3 is 2.37 bits per heavy atom. The van der Waals surface area contributed by atoms with E-state index in [1.165, 1.54) is 23.9 Å². The smallest absolute Gasteiger partial charge is 0.243 e. The molecule has 0 bridgehead atoms. The lowest BCUT2D eigenvalue weighted by Crippen LogP contribution is -2.51. The lowest BCUT2D eigenvalue weighted by Gasteiger charge is -2.31. The second-order valence-corrected chi connectivity index (χ2v) is 9.69. The minimum absolute atomic E-state index is 0.135. The van der Waals surface area contributed by atoms with Gasteiger partial charge in [-0.1, -0.05) is 73.1 Å². The average molecular weight is 513 g/mol. The summed E-state index contributed by atoms with van der Waals surface area (Å²) >= 11 is 7.64. The number of nitrogens with one attached hydrogen (secondary N) is 1. The Balaban J connectivity index is 1.82. The van der Waals surface area contributed by atoms with Gasteiger partial charge in [0.05, 0.1) is 5.75 Å². The van der Waals surface area contributed by atoms with E-state index in [9.17, 15) is 14.0 Å². The summed E-state index contributed by atoms with van der Waals surface area (Å²) in [6.07, 6.45) is 1.21. The lowest BCUT2D eigenvalue weighted by molar-refractivity contribution is -0.139. The van der Waals surface area contributed by atoms with Crippen LogP contribution in [0.4, 0.5) is 4.39 Å². The highest BCUT2D eigenvalue weighted by Gasteiger charge is 2.30.